The van der Waals surface area contributed by atoms with E-state index >= 15 is 0 Å². The monoisotopic (exact) mass is 313 g/mol. The molecule has 0 bridgehead atoms. The summed E-state index contributed by atoms with van der Waals surface area (Å²) in [5.41, 5.74) is 0.838. The summed E-state index contributed by atoms with van der Waals surface area (Å²) < 4.78 is 19.4. The van der Waals surface area contributed by atoms with Crippen molar-refractivity contribution >= 4 is 21.9 Å². The summed E-state index contributed by atoms with van der Waals surface area (Å²) in [6, 6.07) is 4.64. The standard InChI is InChI=1S/C11H9BrFN3O2/c1-18-11(17)10-14-6-16(15-10)5-7-2-3-9(13)8(12)4-7/h2-4,6H,5H2,1H3. The van der Waals surface area contributed by atoms with Crippen LogP contribution in [-0.4, -0.2) is 27.8 Å². The molecule has 1 aromatic carbocycles. The Hall–Kier alpha value is -1.76. The lowest BCUT2D eigenvalue weighted by Gasteiger charge is -2.02. The van der Waals surface area contributed by atoms with Gasteiger partial charge >= 0.3 is 5.97 Å². The van der Waals surface area contributed by atoms with Gasteiger partial charge in [0, 0.05) is 0 Å². The normalized spacial score (nSPS) is 10.4. The van der Waals surface area contributed by atoms with E-state index < -0.39 is 5.97 Å². The Bertz CT molecular complexity index is 585. The van der Waals surface area contributed by atoms with Crippen molar-refractivity contribution in [1.29, 1.82) is 0 Å². The first-order valence-electron chi connectivity index (χ1n) is 5.02. The third-order valence-corrected chi connectivity index (χ3v) is 2.84. The van der Waals surface area contributed by atoms with Gasteiger partial charge in [-0.2, -0.15) is 0 Å². The SMILES string of the molecule is COC(=O)c1ncn(Cc2ccc(F)c(Br)c2)n1. The van der Waals surface area contributed by atoms with Crippen LogP contribution >= 0.6 is 15.9 Å². The Morgan fingerprint density at radius 1 is 1.56 bits per heavy atom. The molecule has 0 N–H and O–H groups in total. The van der Waals surface area contributed by atoms with Crippen molar-refractivity contribution in [2.24, 2.45) is 0 Å². The van der Waals surface area contributed by atoms with Crippen LogP contribution in [0.25, 0.3) is 0 Å². The molecule has 2 aromatic rings. The van der Waals surface area contributed by atoms with Crippen molar-refractivity contribution in [1.82, 2.24) is 14.8 Å². The minimum atomic E-state index is -0.589. The number of aromatic nitrogens is 3. The van der Waals surface area contributed by atoms with Crippen LogP contribution < -0.4 is 0 Å². The van der Waals surface area contributed by atoms with Crippen LogP contribution in [0.3, 0.4) is 0 Å². The lowest BCUT2D eigenvalue weighted by molar-refractivity contribution is 0.0586. The van der Waals surface area contributed by atoms with Crippen molar-refractivity contribution in [3.05, 3.63) is 46.2 Å². The average Bonchev–Trinajstić information content (AvgIpc) is 2.81. The van der Waals surface area contributed by atoms with Crippen LogP contribution in [0.4, 0.5) is 4.39 Å². The molecule has 0 amide bonds. The van der Waals surface area contributed by atoms with Gasteiger partial charge in [-0.25, -0.2) is 18.9 Å². The molecule has 1 heterocycles. The fourth-order valence-electron chi connectivity index (χ4n) is 1.38. The number of benzene rings is 1. The fourth-order valence-corrected chi connectivity index (χ4v) is 1.81. The van der Waals surface area contributed by atoms with Gasteiger partial charge in [0.05, 0.1) is 18.1 Å². The molecule has 0 aliphatic heterocycles. The number of halogens is 2. The highest BCUT2D eigenvalue weighted by Crippen LogP contribution is 2.17. The molecule has 0 saturated carbocycles. The molecule has 0 aliphatic carbocycles. The number of nitrogens with zero attached hydrogens (tertiary/aromatic N) is 3. The highest BCUT2D eigenvalue weighted by molar-refractivity contribution is 9.10. The number of hydrogen-bond donors (Lipinski definition) is 0. The van der Waals surface area contributed by atoms with E-state index in [0.29, 0.717) is 11.0 Å². The molecule has 0 unspecified atom stereocenters. The van der Waals surface area contributed by atoms with Gasteiger partial charge < -0.3 is 4.74 Å². The maximum atomic E-state index is 13.1. The first-order valence-corrected chi connectivity index (χ1v) is 5.81. The van der Waals surface area contributed by atoms with E-state index in [1.165, 1.54) is 24.2 Å². The fraction of sp³-hybridized carbons (Fsp3) is 0.182. The molecule has 0 radical (unpaired) electrons. The van der Waals surface area contributed by atoms with Gasteiger partial charge in [0.25, 0.3) is 5.82 Å². The van der Waals surface area contributed by atoms with Crippen molar-refractivity contribution in [3.8, 4) is 0 Å². The van der Waals surface area contributed by atoms with E-state index in [1.54, 1.807) is 12.1 Å². The van der Waals surface area contributed by atoms with Gasteiger partial charge in [0.2, 0.25) is 0 Å². The summed E-state index contributed by atoms with van der Waals surface area (Å²) in [5, 5.41) is 3.95. The second-order valence-corrected chi connectivity index (χ2v) is 4.36. The van der Waals surface area contributed by atoms with Gasteiger partial charge in [-0.1, -0.05) is 6.07 Å². The lowest BCUT2D eigenvalue weighted by atomic mass is 10.2. The summed E-state index contributed by atoms with van der Waals surface area (Å²) in [4.78, 5) is 15.0. The second-order valence-electron chi connectivity index (χ2n) is 3.51. The van der Waals surface area contributed by atoms with Gasteiger partial charge in [0.15, 0.2) is 0 Å². The van der Waals surface area contributed by atoms with E-state index in [1.807, 2.05) is 0 Å². The summed E-state index contributed by atoms with van der Waals surface area (Å²) >= 11 is 3.10. The Labute approximate surface area is 111 Å². The van der Waals surface area contributed by atoms with E-state index in [4.69, 9.17) is 0 Å². The predicted molar refractivity (Wildman–Crippen MR) is 64.6 cm³/mol. The van der Waals surface area contributed by atoms with E-state index in [-0.39, 0.29) is 11.6 Å². The lowest BCUT2D eigenvalue weighted by Crippen LogP contribution is -2.06. The van der Waals surface area contributed by atoms with Crippen LogP contribution in [0.15, 0.2) is 29.0 Å². The molecule has 94 valence electrons. The van der Waals surface area contributed by atoms with Gasteiger partial charge in [0.1, 0.15) is 12.1 Å². The summed E-state index contributed by atoms with van der Waals surface area (Å²) in [6.07, 6.45) is 1.42. The highest BCUT2D eigenvalue weighted by atomic mass is 79.9. The number of ether oxygens (including phenoxy) is 1. The van der Waals surface area contributed by atoms with E-state index in [9.17, 15) is 9.18 Å². The first-order chi connectivity index (χ1) is 8.60. The van der Waals surface area contributed by atoms with Crippen LogP contribution in [0, 0.1) is 5.82 Å². The number of carbonyl (C=O) groups excluding carboxylic acids is 1. The molecule has 1 aromatic heterocycles. The van der Waals surface area contributed by atoms with Crippen molar-refractivity contribution in [2.45, 2.75) is 6.54 Å². The molecule has 2 rings (SSSR count). The Morgan fingerprint density at radius 2 is 2.33 bits per heavy atom. The maximum Gasteiger partial charge on any atom is 0.377 e. The van der Waals surface area contributed by atoms with Crippen LogP contribution in [0.2, 0.25) is 0 Å². The number of carbonyl (C=O) groups is 1. The maximum absolute atomic E-state index is 13.1. The molecule has 5 nitrogen and oxygen atoms in total. The largest absolute Gasteiger partial charge is 0.463 e. The topological polar surface area (TPSA) is 57.0 Å². The van der Waals surface area contributed by atoms with Crippen molar-refractivity contribution in [3.63, 3.8) is 0 Å². The van der Waals surface area contributed by atoms with E-state index in [2.05, 4.69) is 30.7 Å². The number of rotatable bonds is 3. The molecule has 7 heteroatoms. The Morgan fingerprint density at radius 3 is 3.00 bits per heavy atom. The molecule has 0 aliphatic rings. The number of methoxy groups -OCH3 is 1. The second kappa shape index (κ2) is 5.26. The number of esters is 1. The molecule has 0 spiro atoms. The quantitative estimate of drug-likeness (QED) is 0.813. The zero-order valence-corrected chi connectivity index (χ0v) is 11.0. The summed E-state index contributed by atoms with van der Waals surface area (Å²) in [6.45, 7) is 0.392. The van der Waals surface area contributed by atoms with Crippen molar-refractivity contribution < 1.29 is 13.9 Å². The minimum Gasteiger partial charge on any atom is -0.463 e. The minimum absolute atomic E-state index is 0.00122. The zero-order valence-electron chi connectivity index (χ0n) is 9.43. The highest BCUT2D eigenvalue weighted by Gasteiger charge is 2.11. The van der Waals surface area contributed by atoms with Crippen LogP contribution in [0.5, 0.6) is 0 Å². The van der Waals surface area contributed by atoms with E-state index in [0.717, 1.165) is 5.56 Å². The third-order valence-electron chi connectivity index (χ3n) is 2.23. The molecular weight excluding hydrogens is 305 g/mol. The Kier molecular flexibility index (Phi) is 3.71. The van der Waals surface area contributed by atoms with Crippen LogP contribution in [0.1, 0.15) is 16.2 Å². The average molecular weight is 314 g/mol. The van der Waals surface area contributed by atoms with Crippen LogP contribution in [-0.2, 0) is 11.3 Å². The zero-order chi connectivity index (χ0) is 13.1. The molecule has 0 saturated heterocycles. The van der Waals surface area contributed by atoms with Gasteiger partial charge in [-0.3, -0.25) is 0 Å². The first kappa shape index (κ1) is 12.7. The molecule has 18 heavy (non-hydrogen) atoms. The van der Waals surface area contributed by atoms with Crippen molar-refractivity contribution in [2.75, 3.05) is 7.11 Å². The third kappa shape index (κ3) is 2.73. The molecule has 0 atom stereocenters. The molecular formula is C11H9BrFN3O2. The Balaban J connectivity index is 2.16. The predicted octanol–water partition coefficient (Wildman–Crippen LogP) is 2.01. The summed E-state index contributed by atoms with van der Waals surface area (Å²) in [5.74, 6) is -0.916. The van der Waals surface area contributed by atoms with Gasteiger partial charge in [-0.05, 0) is 33.6 Å². The van der Waals surface area contributed by atoms with Gasteiger partial charge in [-0.15, -0.1) is 5.10 Å². The smallest absolute Gasteiger partial charge is 0.377 e. The molecule has 0 fully saturated rings. The number of hydrogen-bond acceptors (Lipinski definition) is 4. The summed E-state index contributed by atoms with van der Waals surface area (Å²) in [7, 11) is 1.26.